The van der Waals surface area contributed by atoms with Crippen LogP contribution in [-0.2, 0) is 0 Å². The van der Waals surface area contributed by atoms with Gasteiger partial charge in [-0.05, 0) is 24.3 Å². The topological polar surface area (TPSA) is 61.8 Å². The van der Waals surface area contributed by atoms with Gasteiger partial charge in [0.15, 0.2) is 11.6 Å². The highest BCUT2D eigenvalue weighted by Gasteiger charge is 2.06. The van der Waals surface area contributed by atoms with Gasteiger partial charge < -0.3 is 11.1 Å². The van der Waals surface area contributed by atoms with Crippen LogP contribution >= 0.6 is 0 Å². The summed E-state index contributed by atoms with van der Waals surface area (Å²) in [6.45, 7) is 0. The minimum absolute atomic E-state index is 0.268. The summed E-state index contributed by atoms with van der Waals surface area (Å²) in [6.07, 6.45) is 0. The normalized spacial score (nSPS) is 9.83. The van der Waals surface area contributed by atoms with E-state index >= 15 is 0 Å². The second kappa shape index (κ2) is 4.72. The van der Waals surface area contributed by atoms with Crippen molar-refractivity contribution >= 4 is 17.1 Å². The molecule has 90 valence electrons. The van der Waals surface area contributed by atoms with Gasteiger partial charge in [0.05, 0.1) is 16.9 Å². The van der Waals surface area contributed by atoms with E-state index in [1.165, 1.54) is 6.07 Å². The number of hydrogen-bond acceptors (Lipinski definition) is 3. The quantitative estimate of drug-likeness (QED) is 0.799. The molecule has 0 aliphatic heterocycles. The van der Waals surface area contributed by atoms with Gasteiger partial charge in [-0.2, -0.15) is 5.26 Å². The van der Waals surface area contributed by atoms with Crippen molar-refractivity contribution in [3.8, 4) is 6.07 Å². The molecule has 0 atom stereocenters. The Morgan fingerprint density at radius 2 is 1.89 bits per heavy atom. The molecule has 0 aliphatic rings. The van der Waals surface area contributed by atoms with E-state index in [9.17, 15) is 8.78 Å². The van der Waals surface area contributed by atoms with E-state index in [1.54, 1.807) is 18.2 Å². The van der Waals surface area contributed by atoms with Crippen molar-refractivity contribution in [2.75, 3.05) is 11.1 Å². The van der Waals surface area contributed by atoms with E-state index in [1.807, 2.05) is 6.07 Å². The lowest BCUT2D eigenvalue weighted by Gasteiger charge is -2.10. The van der Waals surface area contributed by atoms with Crippen LogP contribution in [0.2, 0.25) is 0 Å². The number of halogens is 2. The number of nitrogen functional groups attached to an aromatic ring is 1. The average molecular weight is 245 g/mol. The van der Waals surface area contributed by atoms with Gasteiger partial charge in [-0.15, -0.1) is 0 Å². The summed E-state index contributed by atoms with van der Waals surface area (Å²) in [4.78, 5) is 0. The van der Waals surface area contributed by atoms with Crippen LogP contribution in [0.5, 0.6) is 0 Å². The molecule has 3 N–H and O–H groups in total. The molecule has 0 fully saturated rings. The predicted molar refractivity (Wildman–Crippen MR) is 65.2 cm³/mol. The number of para-hydroxylation sites is 1. The maximum absolute atomic E-state index is 13.0. The Bertz CT molecular complexity index is 633. The minimum atomic E-state index is -0.949. The zero-order valence-electron chi connectivity index (χ0n) is 9.24. The highest BCUT2D eigenvalue weighted by Crippen LogP contribution is 2.26. The van der Waals surface area contributed by atoms with Crippen LogP contribution in [0.1, 0.15) is 5.56 Å². The molecule has 0 saturated heterocycles. The first-order chi connectivity index (χ1) is 8.61. The molecule has 0 amide bonds. The zero-order chi connectivity index (χ0) is 13.1. The van der Waals surface area contributed by atoms with Crippen molar-refractivity contribution in [2.45, 2.75) is 0 Å². The van der Waals surface area contributed by atoms with Crippen molar-refractivity contribution in [2.24, 2.45) is 0 Å². The molecule has 0 saturated carbocycles. The summed E-state index contributed by atoms with van der Waals surface area (Å²) < 4.78 is 25.8. The molecule has 0 aliphatic carbocycles. The fourth-order valence-electron chi connectivity index (χ4n) is 1.50. The SMILES string of the molecule is N#Cc1cccc(Nc2ccc(F)c(F)c2)c1N. The first-order valence-electron chi connectivity index (χ1n) is 5.12. The third-order valence-electron chi connectivity index (χ3n) is 2.43. The van der Waals surface area contributed by atoms with Gasteiger partial charge in [-0.3, -0.25) is 0 Å². The Morgan fingerprint density at radius 1 is 1.11 bits per heavy atom. The van der Waals surface area contributed by atoms with E-state index in [-0.39, 0.29) is 5.69 Å². The van der Waals surface area contributed by atoms with E-state index in [4.69, 9.17) is 11.0 Å². The molecule has 5 heteroatoms. The Hall–Kier alpha value is -2.61. The summed E-state index contributed by atoms with van der Waals surface area (Å²) in [5.74, 6) is -1.87. The van der Waals surface area contributed by atoms with Crippen LogP contribution in [-0.4, -0.2) is 0 Å². The lowest BCUT2D eigenvalue weighted by Crippen LogP contribution is -1.99. The number of nitrogens with zero attached hydrogens (tertiary/aromatic N) is 1. The molecule has 0 bridgehead atoms. The molecular weight excluding hydrogens is 236 g/mol. The molecule has 0 spiro atoms. The number of anilines is 3. The summed E-state index contributed by atoms with van der Waals surface area (Å²) in [6, 6.07) is 10.2. The number of rotatable bonds is 2. The third kappa shape index (κ3) is 2.23. The summed E-state index contributed by atoms with van der Waals surface area (Å²) >= 11 is 0. The van der Waals surface area contributed by atoms with Gasteiger partial charge in [0.1, 0.15) is 6.07 Å². The van der Waals surface area contributed by atoms with Gasteiger partial charge in [0, 0.05) is 11.8 Å². The lowest BCUT2D eigenvalue weighted by atomic mass is 10.1. The van der Waals surface area contributed by atoms with E-state index in [0.29, 0.717) is 16.9 Å². The van der Waals surface area contributed by atoms with Gasteiger partial charge in [-0.1, -0.05) is 6.07 Å². The van der Waals surface area contributed by atoms with Crippen LogP contribution in [0.25, 0.3) is 0 Å². The third-order valence-corrected chi connectivity index (χ3v) is 2.43. The monoisotopic (exact) mass is 245 g/mol. The number of nitriles is 1. The average Bonchev–Trinajstić information content (AvgIpc) is 2.36. The Labute approximate surface area is 102 Å². The molecule has 2 rings (SSSR count). The van der Waals surface area contributed by atoms with Crippen molar-refractivity contribution in [1.82, 2.24) is 0 Å². The molecule has 2 aromatic rings. The number of nitrogens with two attached hydrogens (primary N) is 1. The predicted octanol–water partition coefficient (Wildman–Crippen LogP) is 3.16. The fraction of sp³-hybridized carbons (Fsp3) is 0. The van der Waals surface area contributed by atoms with E-state index < -0.39 is 11.6 Å². The van der Waals surface area contributed by atoms with Crippen LogP contribution in [0.15, 0.2) is 36.4 Å². The number of nitrogens with one attached hydrogen (secondary N) is 1. The first kappa shape index (κ1) is 11.9. The van der Waals surface area contributed by atoms with Crippen molar-refractivity contribution in [3.05, 3.63) is 53.6 Å². The largest absolute Gasteiger partial charge is 0.396 e. The Morgan fingerprint density at radius 3 is 2.56 bits per heavy atom. The maximum Gasteiger partial charge on any atom is 0.160 e. The van der Waals surface area contributed by atoms with Gasteiger partial charge >= 0.3 is 0 Å². The molecule has 0 aromatic heterocycles. The van der Waals surface area contributed by atoms with Gasteiger partial charge in [-0.25, -0.2) is 8.78 Å². The van der Waals surface area contributed by atoms with E-state index in [2.05, 4.69) is 5.32 Å². The smallest absolute Gasteiger partial charge is 0.160 e. The van der Waals surface area contributed by atoms with Crippen LogP contribution in [0.3, 0.4) is 0 Å². The lowest BCUT2D eigenvalue weighted by molar-refractivity contribution is 0.509. The molecule has 0 heterocycles. The fourth-order valence-corrected chi connectivity index (χ4v) is 1.50. The maximum atomic E-state index is 13.0. The van der Waals surface area contributed by atoms with E-state index in [0.717, 1.165) is 12.1 Å². The minimum Gasteiger partial charge on any atom is -0.396 e. The summed E-state index contributed by atoms with van der Waals surface area (Å²) in [7, 11) is 0. The highest BCUT2D eigenvalue weighted by molar-refractivity contribution is 5.77. The molecule has 18 heavy (non-hydrogen) atoms. The van der Waals surface area contributed by atoms with Crippen LogP contribution < -0.4 is 11.1 Å². The number of benzene rings is 2. The highest BCUT2D eigenvalue weighted by atomic mass is 19.2. The standard InChI is InChI=1S/C13H9F2N3/c14-10-5-4-9(6-11(10)15)18-12-3-1-2-8(7-16)13(12)17/h1-6,18H,17H2. The molecule has 0 radical (unpaired) electrons. The Kier molecular flexibility index (Phi) is 3.11. The molecule has 0 unspecified atom stereocenters. The van der Waals surface area contributed by atoms with Crippen molar-refractivity contribution in [3.63, 3.8) is 0 Å². The second-order valence-electron chi connectivity index (χ2n) is 3.63. The Balaban J connectivity index is 2.35. The van der Waals surface area contributed by atoms with Crippen LogP contribution in [0, 0.1) is 23.0 Å². The molecule has 3 nitrogen and oxygen atoms in total. The van der Waals surface area contributed by atoms with Crippen molar-refractivity contribution in [1.29, 1.82) is 5.26 Å². The zero-order valence-corrected chi connectivity index (χ0v) is 9.24. The van der Waals surface area contributed by atoms with Crippen LogP contribution in [0.4, 0.5) is 25.8 Å². The second-order valence-corrected chi connectivity index (χ2v) is 3.63. The van der Waals surface area contributed by atoms with Gasteiger partial charge in [0.2, 0.25) is 0 Å². The first-order valence-corrected chi connectivity index (χ1v) is 5.12. The van der Waals surface area contributed by atoms with Crippen molar-refractivity contribution < 1.29 is 8.78 Å². The van der Waals surface area contributed by atoms with Gasteiger partial charge in [0.25, 0.3) is 0 Å². The summed E-state index contributed by atoms with van der Waals surface area (Å²) in [5.41, 5.74) is 7.18. The summed E-state index contributed by atoms with van der Waals surface area (Å²) in [5, 5.41) is 11.7. The number of hydrogen-bond donors (Lipinski definition) is 2. The molecule has 2 aromatic carbocycles. The molecular formula is C13H9F2N3.